The van der Waals surface area contributed by atoms with Crippen LogP contribution in [0, 0.1) is 0 Å². The summed E-state index contributed by atoms with van der Waals surface area (Å²) >= 11 is 16.4. The number of nitrogens with two attached hydrogens (primary N) is 1. The molecule has 98 valence electrons. The van der Waals surface area contributed by atoms with Crippen molar-refractivity contribution < 1.29 is 4.42 Å². The molecule has 7 heteroatoms. The number of halogens is 2. The Morgan fingerprint density at radius 3 is 2.74 bits per heavy atom. The minimum atomic E-state index is 0.0903. The first-order valence-electron chi connectivity index (χ1n) is 5.20. The molecule has 0 aliphatic carbocycles. The van der Waals surface area contributed by atoms with Crippen LogP contribution in [0.4, 0.5) is 0 Å². The van der Waals surface area contributed by atoms with Crippen LogP contribution in [0.2, 0.25) is 10.0 Å². The summed E-state index contributed by atoms with van der Waals surface area (Å²) in [6.45, 7) is 0. The predicted octanol–water partition coefficient (Wildman–Crippen LogP) is 3.42. The van der Waals surface area contributed by atoms with Gasteiger partial charge < -0.3 is 10.2 Å². The van der Waals surface area contributed by atoms with Crippen LogP contribution in [0.1, 0.15) is 5.76 Å². The Labute approximate surface area is 125 Å². The molecule has 0 unspecified atom stereocenters. The molecule has 19 heavy (non-hydrogen) atoms. The van der Waals surface area contributed by atoms with Crippen LogP contribution in [-0.2, 0) is 0 Å². The molecule has 1 heterocycles. The van der Waals surface area contributed by atoms with Crippen molar-refractivity contribution in [3.05, 3.63) is 46.1 Å². The Kier molecular flexibility index (Phi) is 4.42. The number of nitrogens with one attached hydrogen (secondary N) is 1. The van der Waals surface area contributed by atoms with Crippen molar-refractivity contribution in [2.24, 2.45) is 10.8 Å². The molecule has 0 fully saturated rings. The molecule has 0 aliphatic heterocycles. The summed E-state index contributed by atoms with van der Waals surface area (Å²) in [6.07, 6.45) is 1.47. The van der Waals surface area contributed by atoms with Gasteiger partial charge in [-0.3, -0.25) is 5.43 Å². The van der Waals surface area contributed by atoms with E-state index in [0.29, 0.717) is 21.6 Å². The van der Waals surface area contributed by atoms with Gasteiger partial charge in [-0.15, -0.1) is 0 Å². The minimum Gasteiger partial charge on any atom is -0.455 e. The first kappa shape index (κ1) is 13.9. The van der Waals surface area contributed by atoms with E-state index in [0.717, 1.165) is 5.56 Å². The monoisotopic (exact) mass is 313 g/mol. The van der Waals surface area contributed by atoms with Gasteiger partial charge in [0.15, 0.2) is 5.11 Å². The number of benzene rings is 1. The lowest BCUT2D eigenvalue weighted by atomic mass is 10.2. The van der Waals surface area contributed by atoms with E-state index < -0.39 is 0 Å². The number of hydrogen-bond acceptors (Lipinski definition) is 3. The van der Waals surface area contributed by atoms with E-state index in [1.165, 1.54) is 6.21 Å². The summed E-state index contributed by atoms with van der Waals surface area (Å²) in [4.78, 5) is 0. The summed E-state index contributed by atoms with van der Waals surface area (Å²) in [5, 5.41) is 4.86. The minimum absolute atomic E-state index is 0.0903. The standard InChI is InChI=1S/C12H9Cl2N3OS/c13-9-3-1-7(5-10(9)14)11-4-2-8(18-11)6-16-17-12(15)19/h1-6H,(H3,15,17,19)/b16-6-. The van der Waals surface area contributed by atoms with Gasteiger partial charge in [0.05, 0.1) is 16.3 Å². The third-order valence-corrected chi connectivity index (χ3v) is 3.03. The largest absolute Gasteiger partial charge is 0.455 e. The van der Waals surface area contributed by atoms with Crippen molar-refractivity contribution in [1.29, 1.82) is 0 Å². The quantitative estimate of drug-likeness (QED) is 0.518. The maximum Gasteiger partial charge on any atom is 0.184 e. The number of nitrogens with zero attached hydrogens (tertiary/aromatic N) is 1. The number of rotatable bonds is 3. The zero-order valence-electron chi connectivity index (χ0n) is 9.56. The molecule has 0 spiro atoms. The van der Waals surface area contributed by atoms with Crippen LogP contribution in [-0.4, -0.2) is 11.3 Å². The van der Waals surface area contributed by atoms with E-state index in [-0.39, 0.29) is 5.11 Å². The summed E-state index contributed by atoms with van der Waals surface area (Å²) in [5.74, 6) is 1.22. The second-order valence-corrected chi connectivity index (χ2v) is 4.82. The van der Waals surface area contributed by atoms with E-state index in [2.05, 4.69) is 22.7 Å². The Hall–Kier alpha value is -1.56. The van der Waals surface area contributed by atoms with Crippen LogP contribution in [0.5, 0.6) is 0 Å². The molecule has 0 aliphatic rings. The summed E-state index contributed by atoms with van der Waals surface area (Å²) in [6, 6.07) is 8.84. The third kappa shape index (κ3) is 3.70. The number of furan rings is 1. The van der Waals surface area contributed by atoms with Gasteiger partial charge in [-0.05, 0) is 42.5 Å². The summed E-state index contributed by atoms with van der Waals surface area (Å²) in [7, 11) is 0. The van der Waals surface area contributed by atoms with Gasteiger partial charge >= 0.3 is 0 Å². The van der Waals surface area contributed by atoms with Crippen LogP contribution >= 0.6 is 35.4 Å². The number of hydrogen-bond donors (Lipinski definition) is 2. The molecule has 1 aromatic carbocycles. The van der Waals surface area contributed by atoms with Crippen LogP contribution in [0.25, 0.3) is 11.3 Å². The van der Waals surface area contributed by atoms with E-state index >= 15 is 0 Å². The molecule has 0 amide bonds. The normalized spacial score (nSPS) is 10.8. The summed E-state index contributed by atoms with van der Waals surface area (Å²) < 4.78 is 5.57. The van der Waals surface area contributed by atoms with Crippen molar-refractivity contribution >= 4 is 46.7 Å². The van der Waals surface area contributed by atoms with E-state index in [9.17, 15) is 0 Å². The molecule has 0 radical (unpaired) electrons. The topological polar surface area (TPSA) is 63.5 Å². The van der Waals surface area contributed by atoms with Crippen molar-refractivity contribution in [2.45, 2.75) is 0 Å². The average molecular weight is 314 g/mol. The second kappa shape index (κ2) is 6.06. The first-order chi connectivity index (χ1) is 9.06. The third-order valence-electron chi connectivity index (χ3n) is 2.20. The van der Waals surface area contributed by atoms with Crippen molar-refractivity contribution in [3.63, 3.8) is 0 Å². The molecule has 0 bridgehead atoms. The van der Waals surface area contributed by atoms with Crippen LogP contribution < -0.4 is 11.2 Å². The van der Waals surface area contributed by atoms with Gasteiger partial charge in [0.1, 0.15) is 11.5 Å². The predicted molar refractivity (Wildman–Crippen MR) is 81.7 cm³/mol. The Balaban J connectivity index is 2.18. The maximum absolute atomic E-state index is 5.95. The van der Waals surface area contributed by atoms with Crippen LogP contribution in [0.3, 0.4) is 0 Å². The smallest absolute Gasteiger partial charge is 0.184 e. The van der Waals surface area contributed by atoms with Gasteiger partial charge in [-0.1, -0.05) is 23.2 Å². The molecule has 0 saturated heterocycles. The SMILES string of the molecule is NC(=S)N/N=C\c1ccc(-c2ccc(Cl)c(Cl)c2)o1. The second-order valence-electron chi connectivity index (χ2n) is 3.57. The molecular formula is C12H9Cl2N3OS. The van der Waals surface area contributed by atoms with Crippen molar-refractivity contribution in [1.82, 2.24) is 5.43 Å². The van der Waals surface area contributed by atoms with Crippen LogP contribution in [0.15, 0.2) is 39.9 Å². The highest BCUT2D eigenvalue weighted by Gasteiger charge is 2.06. The van der Waals surface area contributed by atoms with Gasteiger partial charge in [0.25, 0.3) is 0 Å². The van der Waals surface area contributed by atoms with Crippen molar-refractivity contribution in [2.75, 3.05) is 0 Å². The number of hydrazone groups is 1. The first-order valence-corrected chi connectivity index (χ1v) is 6.36. The molecule has 0 saturated carbocycles. The maximum atomic E-state index is 5.95. The fourth-order valence-electron chi connectivity index (χ4n) is 1.39. The van der Waals surface area contributed by atoms with Gasteiger partial charge in [0.2, 0.25) is 0 Å². The fourth-order valence-corrected chi connectivity index (χ4v) is 1.74. The lowest BCUT2D eigenvalue weighted by molar-refractivity contribution is 0.574. The molecule has 2 rings (SSSR count). The molecule has 0 atom stereocenters. The zero-order valence-corrected chi connectivity index (χ0v) is 11.9. The highest BCUT2D eigenvalue weighted by molar-refractivity contribution is 7.80. The van der Waals surface area contributed by atoms with Gasteiger partial charge in [-0.25, -0.2) is 0 Å². The van der Waals surface area contributed by atoms with Crippen molar-refractivity contribution in [3.8, 4) is 11.3 Å². The Morgan fingerprint density at radius 2 is 2.05 bits per heavy atom. The molecule has 1 aromatic heterocycles. The van der Waals surface area contributed by atoms with E-state index in [4.69, 9.17) is 33.4 Å². The van der Waals surface area contributed by atoms with Gasteiger partial charge in [-0.2, -0.15) is 5.10 Å². The average Bonchev–Trinajstić information content (AvgIpc) is 2.81. The summed E-state index contributed by atoms with van der Waals surface area (Å²) in [5.41, 5.74) is 8.50. The Morgan fingerprint density at radius 1 is 1.26 bits per heavy atom. The fraction of sp³-hybridized carbons (Fsp3) is 0. The van der Waals surface area contributed by atoms with Gasteiger partial charge in [0, 0.05) is 5.56 Å². The highest BCUT2D eigenvalue weighted by Crippen LogP contribution is 2.29. The zero-order chi connectivity index (χ0) is 13.8. The molecule has 3 N–H and O–H groups in total. The molecular weight excluding hydrogens is 305 g/mol. The number of thiocarbonyl (C=S) groups is 1. The molecule has 2 aromatic rings. The van der Waals surface area contributed by atoms with E-state index in [1.54, 1.807) is 18.2 Å². The van der Waals surface area contributed by atoms with E-state index in [1.807, 2.05) is 12.1 Å². The molecule has 4 nitrogen and oxygen atoms in total. The Bertz CT molecular complexity index is 640. The lowest BCUT2D eigenvalue weighted by Crippen LogP contribution is -2.23. The highest BCUT2D eigenvalue weighted by atomic mass is 35.5. The lowest BCUT2D eigenvalue weighted by Gasteiger charge is -1.99.